The molecule has 74 valence electrons. The van der Waals surface area contributed by atoms with Gasteiger partial charge in [-0.2, -0.15) is 0 Å². The molecule has 0 bridgehead atoms. The lowest BCUT2D eigenvalue weighted by Crippen LogP contribution is -2.50. The molecular weight excluding hydrogens is 184 g/mol. The topological polar surface area (TPSA) is 35.4 Å². The molecule has 13 heavy (non-hydrogen) atoms. The zero-order valence-corrected chi connectivity index (χ0v) is 9.06. The zero-order chi connectivity index (χ0) is 9.53. The molecule has 0 saturated carbocycles. The highest BCUT2D eigenvalue weighted by Gasteiger charge is 2.41. The van der Waals surface area contributed by atoms with Crippen molar-refractivity contribution in [2.75, 3.05) is 26.7 Å². The van der Waals surface area contributed by atoms with Crippen molar-refractivity contribution in [1.82, 2.24) is 0 Å². The Kier molecular flexibility index (Phi) is 2.17. The number of nitrogens with zero attached hydrogens (tertiary/aromatic N) is 2. The first-order valence-corrected chi connectivity index (χ1v) is 5.59. The third kappa shape index (κ3) is 1.90. The molecule has 0 aromatic heterocycles. The fourth-order valence-electron chi connectivity index (χ4n) is 2.01. The van der Waals surface area contributed by atoms with E-state index < -0.39 is 0 Å². The highest BCUT2D eigenvalue weighted by molar-refractivity contribution is 8.15. The van der Waals surface area contributed by atoms with Crippen LogP contribution in [0, 0.1) is 5.21 Å². The van der Waals surface area contributed by atoms with Crippen molar-refractivity contribution >= 4 is 16.8 Å². The minimum atomic E-state index is -0.0542. The first-order chi connectivity index (χ1) is 6.02. The number of hydroxylamine groups is 3. The molecule has 2 aliphatic heterocycles. The number of thioether (sulfide) groups is 1. The van der Waals surface area contributed by atoms with E-state index in [-0.39, 0.29) is 4.65 Å². The number of aliphatic imine (C=N–C) groups is 1. The van der Waals surface area contributed by atoms with Crippen LogP contribution < -0.4 is 0 Å². The normalized spacial score (nSPS) is 45.3. The van der Waals surface area contributed by atoms with Gasteiger partial charge in [0.2, 0.25) is 0 Å². The lowest BCUT2D eigenvalue weighted by Gasteiger charge is -2.47. The van der Waals surface area contributed by atoms with E-state index in [1.54, 1.807) is 7.05 Å². The molecule has 0 aromatic carbocycles. The van der Waals surface area contributed by atoms with Crippen LogP contribution in [0.5, 0.6) is 0 Å². The molecule has 0 aliphatic carbocycles. The highest BCUT2D eigenvalue weighted by Crippen LogP contribution is 2.42. The third-order valence-electron chi connectivity index (χ3n) is 3.03. The van der Waals surface area contributed by atoms with E-state index in [0.29, 0.717) is 4.75 Å². The van der Waals surface area contributed by atoms with Crippen molar-refractivity contribution in [2.24, 2.45) is 4.99 Å². The monoisotopic (exact) mass is 200 g/mol. The number of likely N-dealkylation sites (tertiary alicyclic amines) is 1. The van der Waals surface area contributed by atoms with Crippen LogP contribution in [0.4, 0.5) is 0 Å². The fraction of sp³-hybridized carbons (Fsp3) is 0.889. The van der Waals surface area contributed by atoms with Gasteiger partial charge in [0.1, 0.15) is 0 Å². The minimum Gasteiger partial charge on any atom is -0.633 e. The summed E-state index contributed by atoms with van der Waals surface area (Å²) in [6.07, 6.45) is 2.05. The van der Waals surface area contributed by atoms with Crippen molar-refractivity contribution in [3.8, 4) is 0 Å². The molecule has 0 unspecified atom stereocenters. The van der Waals surface area contributed by atoms with Crippen molar-refractivity contribution in [3.05, 3.63) is 5.21 Å². The molecule has 0 atom stereocenters. The Labute approximate surface area is 83.4 Å². The molecule has 4 heteroatoms. The number of hydrogen-bond donors (Lipinski definition) is 0. The van der Waals surface area contributed by atoms with Gasteiger partial charge in [0, 0.05) is 12.8 Å². The third-order valence-corrected chi connectivity index (χ3v) is 4.43. The van der Waals surface area contributed by atoms with Gasteiger partial charge in [-0.15, -0.1) is 11.8 Å². The van der Waals surface area contributed by atoms with Crippen LogP contribution >= 0.6 is 11.8 Å². The Morgan fingerprint density at radius 3 is 2.54 bits per heavy atom. The van der Waals surface area contributed by atoms with Crippen LogP contribution in [0.3, 0.4) is 0 Å². The number of quaternary nitrogens is 1. The van der Waals surface area contributed by atoms with E-state index >= 15 is 0 Å². The predicted octanol–water partition coefficient (Wildman–Crippen LogP) is 1.63. The van der Waals surface area contributed by atoms with E-state index in [9.17, 15) is 5.21 Å². The van der Waals surface area contributed by atoms with Crippen LogP contribution in [0.1, 0.15) is 19.8 Å². The second-order valence-corrected chi connectivity index (χ2v) is 6.03. The van der Waals surface area contributed by atoms with E-state index in [4.69, 9.17) is 0 Å². The van der Waals surface area contributed by atoms with E-state index in [1.165, 1.54) is 5.04 Å². The van der Waals surface area contributed by atoms with Gasteiger partial charge in [0.15, 0.2) is 0 Å². The zero-order valence-electron chi connectivity index (χ0n) is 8.25. The molecule has 0 amide bonds. The van der Waals surface area contributed by atoms with E-state index in [1.807, 2.05) is 11.8 Å². The Morgan fingerprint density at radius 2 is 2.08 bits per heavy atom. The van der Waals surface area contributed by atoms with Crippen LogP contribution in [0.15, 0.2) is 4.99 Å². The van der Waals surface area contributed by atoms with Crippen LogP contribution in [0.25, 0.3) is 0 Å². The van der Waals surface area contributed by atoms with Crippen LogP contribution in [-0.4, -0.2) is 41.1 Å². The first kappa shape index (κ1) is 9.49. The molecule has 2 heterocycles. The summed E-state index contributed by atoms with van der Waals surface area (Å²) in [6.45, 7) is 4.52. The van der Waals surface area contributed by atoms with Gasteiger partial charge in [-0.25, -0.2) is 0 Å². The summed E-state index contributed by atoms with van der Waals surface area (Å²) in [5.41, 5.74) is 0. The van der Waals surface area contributed by atoms with E-state index in [0.717, 1.165) is 32.5 Å². The number of piperidine rings is 1. The summed E-state index contributed by atoms with van der Waals surface area (Å²) < 4.78 is 0.244. The summed E-state index contributed by atoms with van der Waals surface area (Å²) >= 11 is 1.89. The average Bonchev–Trinajstić information content (AvgIpc) is 2.41. The van der Waals surface area contributed by atoms with Crippen LogP contribution in [-0.2, 0) is 0 Å². The minimum absolute atomic E-state index is 0.0542. The highest BCUT2D eigenvalue weighted by atomic mass is 32.2. The van der Waals surface area contributed by atoms with Gasteiger partial charge < -0.3 is 9.85 Å². The fourth-order valence-corrected chi connectivity index (χ4v) is 3.28. The molecule has 2 aliphatic rings. The summed E-state index contributed by atoms with van der Waals surface area (Å²) in [5.74, 6) is 0. The molecule has 3 nitrogen and oxygen atoms in total. The van der Waals surface area contributed by atoms with Gasteiger partial charge in [0.25, 0.3) is 0 Å². The van der Waals surface area contributed by atoms with Crippen molar-refractivity contribution in [2.45, 2.75) is 24.5 Å². The average molecular weight is 200 g/mol. The maximum absolute atomic E-state index is 11.6. The first-order valence-electron chi connectivity index (χ1n) is 4.77. The molecule has 0 radical (unpaired) electrons. The molecule has 0 N–H and O–H groups in total. The summed E-state index contributed by atoms with van der Waals surface area (Å²) in [5, 5.41) is 12.8. The number of rotatable bonds is 0. The standard InChI is InChI=1S/C9H16N2OS/c1-8-10-7-9(13-8)3-5-11(2,12)6-4-9/h3-7H2,1-2H3. The smallest absolute Gasteiger partial charge is 0.0796 e. The molecule has 1 fully saturated rings. The predicted molar refractivity (Wildman–Crippen MR) is 56.8 cm³/mol. The molecule has 1 saturated heterocycles. The van der Waals surface area contributed by atoms with Gasteiger partial charge in [-0.05, 0) is 6.92 Å². The van der Waals surface area contributed by atoms with Crippen molar-refractivity contribution in [3.63, 3.8) is 0 Å². The summed E-state index contributed by atoms with van der Waals surface area (Å²) in [6, 6.07) is 0. The Bertz CT molecular complexity index is 240. The van der Waals surface area contributed by atoms with Gasteiger partial charge in [-0.3, -0.25) is 4.99 Å². The molecule has 1 spiro atoms. The van der Waals surface area contributed by atoms with Crippen LogP contribution in [0.2, 0.25) is 0 Å². The molecular formula is C9H16N2OS. The van der Waals surface area contributed by atoms with Crippen molar-refractivity contribution < 1.29 is 4.65 Å². The molecule has 2 rings (SSSR count). The molecule has 0 aromatic rings. The largest absolute Gasteiger partial charge is 0.633 e. The lowest BCUT2D eigenvalue weighted by molar-refractivity contribution is -0.866. The Balaban J connectivity index is 1.99. The second-order valence-electron chi connectivity index (χ2n) is 4.36. The Morgan fingerprint density at radius 1 is 1.46 bits per heavy atom. The number of hydrogen-bond acceptors (Lipinski definition) is 3. The Hall–Kier alpha value is -0.0600. The SMILES string of the molecule is CC1=NCC2(CC[N+](C)([O-])CC2)S1. The van der Waals surface area contributed by atoms with Gasteiger partial charge in [-0.1, -0.05) is 0 Å². The second kappa shape index (κ2) is 2.97. The van der Waals surface area contributed by atoms with Crippen molar-refractivity contribution in [1.29, 1.82) is 0 Å². The van der Waals surface area contributed by atoms with Gasteiger partial charge >= 0.3 is 0 Å². The lowest BCUT2D eigenvalue weighted by atomic mass is 9.96. The summed E-state index contributed by atoms with van der Waals surface area (Å²) in [4.78, 5) is 4.43. The maximum atomic E-state index is 11.6. The summed E-state index contributed by atoms with van der Waals surface area (Å²) in [7, 11) is 1.78. The maximum Gasteiger partial charge on any atom is 0.0796 e. The van der Waals surface area contributed by atoms with E-state index in [2.05, 4.69) is 11.9 Å². The van der Waals surface area contributed by atoms with Gasteiger partial charge in [0.05, 0.1) is 36.5 Å². The quantitative estimate of drug-likeness (QED) is 0.440.